The van der Waals surface area contributed by atoms with Crippen molar-refractivity contribution in [2.75, 3.05) is 13.7 Å². The Labute approximate surface area is 147 Å². The molecule has 10 heteroatoms. The minimum Gasteiger partial charge on any atom is -0.346 e. The summed E-state index contributed by atoms with van der Waals surface area (Å²) in [5.74, 6) is -5.85. The van der Waals surface area contributed by atoms with Crippen molar-refractivity contribution >= 4 is 5.91 Å². The second-order valence-electron chi connectivity index (χ2n) is 6.37. The Morgan fingerprint density at radius 3 is 2.54 bits per heavy atom. The summed E-state index contributed by atoms with van der Waals surface area (Å²) in [6.45, 7) is 4.37. The number of halogens is 3. The summed E-state index contributed by atoms with van der Waals surface area (Å²) in [6, 6.07) is 3.55. The number of hydroxylamine groups is 1. The number of rotatable bonds is 7. The van der Waals surface area contributed by atoms with Crippen molar-refractivity contribution in [2.45, 2.75) is 32.2 Å². The smallest absolute Gasteiger partial charge is 0.322 e. The summed E-state index contributed by atoms with van der Waals surface area (Å²) in [4.78, 5) is 20.5. The van der Waals surface area contributed by atoms with Crippen LogP contribution in [0.15, 0.2) is 22.7 Å². The normalized spacial score (nSPS) is 12.3. The summed E-state index contributed by atoms with van der Waals surface area (Å²) in [5.41, 5.74) is 1.81. The number of carbonyl (C=O) groups is 1. The van der Waals surface area contributed by atoms with E-state index in [1.165, 1.54) is 19.2 Å². The SMILES string of the molecule is CONCC(C)(C)NC(=O)c1ccc(-c2noc(C(C)(F)F)n2)cc1F. The van der Waals surface area contributed by atoms with E-state index in [0.717, 1.165) is 6.07 Å². The third-order valence-corrected chi connectivity index (χ3v) is 3.38. The number of nitrogens with one attached hydrogen (secondary N) is 2. The van der Waals surface area contributed by atoms with E-state index in [1.54, 1.807) is 13.8 Å². The summed E-state index contributed by atoms with van der Waals surface area (Å²) in [6.07, 6.45) is 0. The summed E-state index contributed by atoms with van der Waals surface area (Å²) >= 11 is 0. The molecule has 0 saturated carbocycles. The van der Waals surface area contributed by atoms with Gasteiger partial charge in [-0.1, -0.05) is 11.2 Å². The third kappa shape index (κ3) is 4.79. The van der Waals surface area contributed by atoms with Gasteiger partial charge in [-0.3, -0.25) is 4.79 Å². The van der Waals surface area contributed by atoms with Crippen LogP contribution in [0.25, 0.3) is 11.4 Å². The van der Waals surface area contributed by atoms with E-state index in [2.05, 4.69) is 25.5 Å². The molecule has 0 radical (unpaired) electrons. The minimum absolute atomic E-state index is 0.110. The van der Waals surface area contributed by atoms with Gasteiger partial charge in [-0.25, -0.2) is 9.87 Å². The van der Waals surface area contributed by atoms with Gasteiger partial charge in [-0.05, 0) is 26.0 Å². The quantitative estimate of drug-likeness (QED) is 0.727. The maximum Gasteiger partial charge on any atom is 0.322 e. The Hall–Kier alpha value is -2.46. The van der Waals surface area contributed by atoms with Crippen LogP contribution in [0.1, 0.15) is 37.0 Å². The van der Waals surface area contributed by atoms with Crippen LogP contribution in [-0.4, -0.2) is 35.2 Å². The monoisotopic (exact) mass is 372 g/mol. The van der Waals surface area contributed by atoms with Gasteiger partial charge in [0.05, 0.1) is 12.7 Å². The van der Waals surface area contributed by atoms with Gasteiger partial charge in [0.2, 0.25) is 5.82 Å². The van der Waals surface area contributed by atoms with Crippen LogP contribution in [0.2, 0.25) is 0 Å². The number of carbonyl (C=O) groups excluding carboxylic acids is 1. The predicted octanol–water partition coefficient (Wildman–Crippen LogP) is 2.65. The molecule has 0 aliphatic carbocycles. The van der Waals surface area contributed by atoms with Crippen LogP contribution in [0, 0.1) is 5.82 Å². The molecule has 1 aromatic heterocycles. The van der Waals surface area contributed by atoms with E-state index in [0.29, 0.717) is 13.5 Å². The van der Waals surface area contributed by atoms with Crippen molar-refractivity contribution in [3.05, 3.63) is 35.5 Å². The molecule has 0 atom stereocenters. The first-order chi connectivity index (χ1) is 12.0. The zero-order valence-electron chi connectivity index (χ0n) is 14.7. The van der Waals surface area contributed by atoms with Crippen LogP contribution in [-0.2, 0) is 10.8 Å². The Morgan fingerprint density at radius 2 is 2.00 bits per heavy atom. The number of hydrogen-bond donors (Lipinski definition) is 2. The molecule has 7 nitrogen and oxygen atoms in total. The molecule has 26 heavy (non-hydrogen) atoms. The van der Waals surface area contributed by atoms with E-state index in [-0.39, 0.29) is 17.0 Å². The molecule has 0 saturated heterocycles. The van der Waals surface area contributed by atoms with Gasteiger partial charge in [0.15, 0.2) is 0 Å². The standard InChI is InChI=1S/C16H19F3N4O3/c1-15(2,8-20-25-4)22-13(24)10-6-5-9(7-11(10)17)12-21-14(26-23-12)16(3,18)19/h5-7,20H,8H2,1-4H3,(H,22,24). The predicted molar refractivity (Wildman–Crippen MR) is 85.8 cm³/mol. The fourth-order valence-corrected chi connectivity index (χ4v) is 2.03. The first-order valence-corrected chi connectivity index (χ1v) is 7.64. The zero-order chi connectivity index (χ0) is 19.5. The van der Waals surface area contributed by atoms with Gasteiger partial charge in [0.25, 0.3) is 11.8 Å². The molecule has 1 amide bonds. The maximum atomic E-state index is 14.3. The molecule has 0 unspecified atom stereocenters. The van der Waals surface area contributed by atoms with Crippen molar-refractivity contribution in [1.82, 2.24) is 20.9 Å². The minimum atomic E-state index is -3.30. The summed E-state index contributed by atoms with van der Waals surface area (Å²) in [5, 5.41) is 6.07. The Kier molecular flexibility index (Phi) is 5.67. The molecule has 2 N–H and O–H groups in total. The van der Waals surface area contributed by atoms with Crippen LogP contribution in [0.4, 0.5) is 13.2 Å². The lowest BCUT2D eigenvalue weighted by atomic mass is 10.0. The van der Waals surface area contributed by atoms with Gasteiger partial charge >= 0.3 is 5.92 Å². The number of amides is 1. The van der Waals surface area contributed by atoms with Gasteiger partial charge < -0.3 is 14.7 Å². The molecular weight excluding hydrogens is 353 g/mol. The summed E-state index contributed by atoms with van der Waals surface area (Å²) in [7, 11) is 1.44. The highest BCUT2D eigenvalue weighted by molar-refractivity contribution is 5.95. The number of aromatic nitrogens is 2. The van der Waals surface area contributed by atoms with Gasteiger partial charge in [-0.15, -0.1) is 0 Å². The molecule has 0 aliphatic heterocycles. The first-order valence-electron chi connectivity index (χ1n) is 7.64. The molecule has 1 heterocycles. The molecular formula is C16H19F3N4O3. The van der Waals surface area contributed by atoms with Crippen LogP contribution < -0.4 is 10.8 Å². The number of hydrogen-bond acceptors (Lipinski definition) is 6. The molecule has 2 rings (SSSR count). The second kappa shape index (κ2) is 7.42. The Bertz CT molecular complexity index is 787. The highest BCUT2D eigenvalue weighted by Gasteiger charge is 2.32. The molecule has 2 aromatic rings. The van der Waals surface area contributed by atoms with Gasteiger partial charge in [0.1, 0.15) is 5.82 Å². The lowest BCUT2D eigenvalue weighted by Gasteiger charge is -2.26. The van der Waals surface area contributed by atoms with Crippen molar-refractivity contribution in [1.29, 1.82) is 0 Å². The van der Waals surface area contributed by atoms with E-state index >= 15 is 0 Å². The van der Waals surface area contributed by atoms with Crippen molar-refractivity contribution in [3.8, 4) is 11.4 Å². The second-order valence-corrected chi connectivity index (χ2v) is 6.37. The number of benzene rings is 1. The fraction of sp³-hybridized carbons (Fsp3) is 0.438. The summed E-state index contributed by atoms with van der Waals surface area (Å²) < 4.78 is 45.1. The Balaban J connectivity index is 2.19. The molecule has 142 valence electrons. The van der Waals surface area contributed by atoms with Crippen LogP contribution in [0.3, 0.4) is 0 Å². The number of alkyl halides is 2. The van der Waals surface area contributed by atoms with E-state index in [1.807, 2.05) is 0 Å². The lowest BCUT2D eigenvalue weighted by molar-refractivity contribution is -0.0158. The van der Waals surface area contributed by atoms with Gasteiger partial charge in [0, 0.05) is 24.6 Å². The molecule has 1 aromatic carbocycles. The molecule has 0 spiro atoms. The highest BCUT2D eigenvalue weighted by atomic mass is 19.3. The van der Waals surface area contributed by atoms with E-state index < -0.39 is 29.1 Å². The third-order valence-electron chi connectivity index (χ3n) is 3.38. The molecule has 0 fully saturated rings. The topological polar surface area (TPSA) is 89.3 Å². The van der Waals surface area contributed by atoms with Crippen LogP contribution in [0.5, 0.6) is 0 Å². The van der Waals surface area contributed by atoms with E-state index in [4.69, 9.17) is 4.84 Å². The molecule has 0 bridgehead atoms. The lowest BCUT2D eigenvalue weighted by Crippen LogP contribution is -2.50. The van der Waals surface area contributed by atoms with Crippen LogP contribution >= 0.6 is 0 Å². The average Bonchev–Trinajstić information content (AvgIpc) is 3.02. The number of nitrogens with zero attached hydrogens (tertiary/aromatic N) is 2. The van der Waals surface area contributed by atoms with E-state index in [9.17, 15) is 18.0 Å². The maximum absolute atomic E-state index is 14.3. The Morgan fingerprint density at radius 1 is 1.31 bits per heavy atom. The highest BCUT2D eigenvalue weighted by Crippen LogP contribution is 2.28. The average molecular weight is 372 g/mol. The van der Waals surface area contributed by atoms with Gasteiger partial charge in [-0.2, -0.15) is 13.8 Å². The van der Waals surface area contributed by atoms with Crippen molar-refractivity contribution in [2.24, 2.45) is 0 Å². The first kappa shape index (κ1) is 19.9. The van der Waals surface area contributed by atoms with Crippen molar-refractivity contribution in [3.63, 3.8) is 0 Å². The molecule has 0 aliphatic rings. The van der Waals surface area contributed by atoms with Crippen molar-refractivity contribution < 1.29 is 27.3 Å². The zero-order valence-corrected chi connectivity index (χ0v) is 14.7. The largest absolute Gasteiger partial charge is 0.346 e. The fourth-order valence-electron chi connectivity index (χ4n) is 2.03.